The van der Waals surface area contributed by atoms with Crippen molar-refractivity contribution in [3.8, 4) is 0 Å². The van der Waals surface area contributed by atoms with E-state index in [0.29, 0.717) is 23.9 Å². The third-order valence-electron chi connectivity index (χ3n) is 1.87. The van der Waals surface area contributed by atoms with Gasteiger partial charge in [-0.2, -0.15) is 21.7 Å². The lowest BCUT2D eigenvalue weighted by atomic mass is 10.1. The lowest BCUT2D eigenvalue weighted by molar-refractivity contribution is 0.0996. The first-order valence-electron chi connectivity index (χ1n) is 4.78. The summed E-state index contributed by atoms with van der Waals surface area (Å²) >= 11 is 1.58. The van der Waals surface area contributed by atoms with Gasteiger partial charge in [0, 0.05) is 18.4 Å². The van der Waals surface area contributed by atoms with E-state index >= 15 is 0 Å². The van der Waals surface area contributed by atoms with E-state index in [1.54, 1.807) is 24.8 Å². The number of anilines is 3. The van der Waals surface area contributed by atoms with E-state index < -0.39 is 5.60 Å². The monoisotopic (exact) mass is 243 g/mol. The maximum Gasteiger partial charge on any atom is 0.223 e. The zero-order valence-corrected chi connectivity index (χ0v) is 10.2. The number of thioether (sulfide) groups is 1. The van der Waals surface area contributed by atoms with Gasteiger partial charge < -0.3 is 21.9 Å². The van der Waals surface area contributed by atoms with Crippen LogP contribution in [0.2, 0.25) is 0 Å². The smallest absolute Gasteiger partial charge is 0.223 e. The molecule has 0 aliphatic heterocycles. The second-order valence-corrected chi connectivity index (χ2v) is 4.69. The quantitative estimate of drug-likeness (QED) is 0.583. The molecule has 16 heavy (non-hydrogen) atoms. The SMILES string of the molecule is CSCC(C)(O)CNc1cc(N)nc(N)n1. The van der Waals surface area contributed by atoms with Gasteiger partial charge in [-0.15, -0.1) is 0 Å². The van der Waals surface area contributed by atoms with Crippen molar-refractivity contribution >= 4 is 29.3 Å². The maximum absolute atomic E-state index is 9.93. The molecule has 90 valence electrons. The molecule has 6 nitrogen and oxygen atoms in total. The van der Waals surface area contributed by atoms with Gasteiger partial charge in [-0.1, -0.05) is 0 Å². The fourth-order valence-corrected chi connectivity index (χ4v) is 1.94. The summed E-state index contributed by atoms with van der Waals surface area (Å²) in [6, 6.07) is 1.57. The van der Waals surface area contributed by atoms with Crippen LogP contribution in [0.1, 0.15) is 6.92 Å². The summed E-state index contributed by atoms with van der Waals surface area (Å²) < 4.78 is 0. The fourth-order valence-electron chi connectivity index (χ4n) is 1.22. The molecule has 0 bridgehead atoms. The Balaban J connectivity index is 2.60. The van der Waals surface area contributed by atoms with Gasteiger partial charge in [-0.3, -0.25) is 0 Å². The number of nitrogens with zero attached hydrogens (tertiary/aromatic N) is 2. The van der Waals surface area contributed by atoms with E-state index in [9.17, 15) is 5.11 Å². The minimum Gasteiger partial charge on any atom is -0.387 e. The highest BCUT2D eigenvalue weighted by Crippen LogP contribution is 2.14. The van der Waals surface area contributed by atoms with Crippen molar-refractivity contribution in [3.05, 3.63) is 6.07 Å². The second kappa shape index (κ2) is 5.22. The zero-order valence-electron chi connectivity index (χ0n) is 9.40. The molecule has 0 aliphatic rings. The molecule has 0 saturated carbocycles. The Bertz CT molecular complexity index is 338. The van der Waals surface area contributed by atoms with E-state index in [1.165, 1.54) is 0 Å². The molecular formula is C9H17N5OS. The Hall–Kier alpha value is -1.21. The van der Waals surface area contributed by atoms with Gasteiger partial charge in [-0.05, 0) is 13.2 Å². The molecule has 0 saturated heterocycles. The largest absolute Gasteiger partial charge is 0.387 e. The number of nitrogen functional groups attached to an aromatic ring is 2. The first kappa shape index (κ1) is 12.9. The molecule has 7 heteroatoms. The van der Waals surface area contributed by atoms with Crippen LogP contribution in [0.5, 0.6) is 0 Å². The van der Waals surface area contributed by atoms with E-state index in [2.05, 4.69) is 15.3 Å². The molecule has 1 unspecified atom stereocenters. The first-order valence-corrected chi connectivity index (χ1v) is 6.17. The van der Waals surface area contributed by atoms with Crippen molar-refractivity contribution in [2.75, 3.05) is 35.3 Å². The normalized spacial score (nSPS) is 14.4. The van der Waals surface area contributed by atoms with Crippen LogP contribution in [0, 0.1) is 0 Å². The average molecular weight is 243 g/mol. The Morgan fingerprint density at radius 2 is 2.19 bits per heavy atom. The zero-order chi connectivity index (χ0) is 12.2. The minimum absolute atomic E-state index is 0.118. The van der Waals surface area contributed by atoms with Crippen molar-refractivity contribution < 1.29 is 5.11 Å². The van der Waals surface area contributed by atoms with Crippen molar-refractivity contribution in [1.29, 1.82) is 0 Å². The molecule has 0 aliphatic carbocycles. The maximum atomic E-state index is 9.93. The van der Waals surface area contributed by atoms with Crippen molar-refractivity contribution in [2.24, 2.45) is 0 Å². The molecule has 0 aromatic carbocycles. The van der Waals surface area contributed by atoms with Crippen molar-refractivity contribution in [3.63, 3.8) is 0 Å². The molecule has 1 heterocycles. The van der Waals surface area contributed by atoms with Crippen LogP contribution in [-0.2, 0) is 0 Å². The second-order valence-electron chi connectivity index (χ2n) is 3.82. The van der Waals surface area contributed by atoms with Gasteiger partial charge in [0.1, 0.15) is 11.6 Å². The molecule has 1 aromatic heterocycles. The van der Waals surface area contributed by atoms with Crippen LogP contribution < -0.4 is 16.8 Å². The van der Waals surface area contributed by atoms with E-state index in [4.69, 9.17) is 11.5 Å². The summed E-state index contributed by atoms with van der Waals surface area (Å²) in [4.78, 5) is 7.71. The summed E-state index contributed by atoms with van der Waals surface area (Å²) in [6.45, 7) is 2.13. The van der Waals surface area contributed by atoms with Crippen molar-refractivity contribution in [1.82, 2.24) is 9.97 Å². The van der Waals surface area contributed by atoms with E-state index in [1.807, 2.05) is 6.26 Å². The average Bonchev–Trinajstić information content (AvgIpc) is 2.13. The molecule has 1 atom stereocenters. The number of rotatable bonds is 5. The number of hydrogen-bond donors (Lipinski definition) is 4. The Labute approximate surface area is 98.8 Å². The number of aliphatic hydroxyl groups is 1. The van der Waals surface area contributed by atoms with Crippen LogP contribution in [0.25, 0.3) is 0 Å². The van der Waals surface area contributed by atoms with Gasteiger partial charge in [0.05, 0.1) is 5.60 Å². The molecule has 6 N–H and O–H groups in total. The van der Waals surface area contributed by atoms with Crippen LogP contribution in [0.4, 0.5) is 17.6 Å². The van der Waals surface area contributed by atoms with Crippen molar-refractivity contribution in [2.45, 2.75) is 12.5 Å². The third-order valence-corrected chi connectivity index (χ3v) is 2.78. The summed E-state index contributed by atoms with van der Waals surface area (Å²) in [5, 5.41) is 12.9. The fraction of sp³-hybridized carbons (Fsp3) is 0.556. The predicted octanol–water partition coefficient (Wildman–Crippen LogP) is 0.167. The summed E-state index contributed by atoms with van der Waals surface area (Å²) in [7, 11) is 0. The topological polar surface area (TPSA) is 110 Å². The van der Waals surface area contributed by atoms with Gasteiger partial charge in [0.2, 0.25) is 5.95 Å². The number of nitrogens with two attached hydrogens (primary N) is 2. The highest BCUT2D eigenvalue weighted by atomic mass is 32.2. The third kappa shape index (κ3) is 4.11. The highest BCUT2D eigenvalue weighted by molar-refractivity contribution is 7.98. The number of nitrogens with one attached hydrogen (secondary N) is 1. The van der Waals surface area contributed by atoms with E-state index in [-0.39, 0.29) is 5.95 Å². The molecule has 1 rings (SSSR count). The van der Waals surface area contributed by atoms with Gasteiger partial charge in [-0.25, -0.2) is 0 Å². The van der Waals surface area contributed by atoms with Crippen LogP contribution in [0.3, 0.4) is 0 Å². The predicted molar refractivity (Wildman–Crippen MR) is 68.4 cm³/mol. The Morgan fingerprint density at radius 1 is 1.50 bits per heavy atom. The van der Waals surface area contributed by atoms with Crippen LogP contribution in [-0.4, -0.2) is 39.2 Å². The number of aromatic nitrogens is 2. The molecular weight excluding hydrogens is 226 g/mol. The van der Waals surface area contributed by atoms with Gasteiger partial charge >= 0.3 is 0 Å². The number of hydrogen-bond acceptors (Lipinski definition) is 7. The molecule has 0 amide bonds. The van der Waals surface area contributed by atoms with Crippen LogP contribution in [0.15, 0.2) is 6.07 Å². The molecule has 0 spiro atoms. The summed E-state index contributed by atoms with van der Waals surface area (Å²) in [5.41, 5.74) is 10.2. The Kier molecular flexibility index (Phi) is 4.19. The lowest BCUT2D eigenvalue weighted by Crippen LogP contribution is -2.36. The first-order chi connectivity index (χ1) is 7.43. The molecule has 1 aromatic rings. The lowest BCUT2D eigenvalue weighted by Gasteiger charge is -2.22. The summed E-state index contributed by atoms with van der Waals surface area (Å²) in [6.07, 6.45) is 1.94. The molecule has 0 fully saturated rings. The Morgan fingerprint density at radius 3 is 2.75 bits per heavy atom. The highest BCUT2D eigenvalue weighted by Gasteiger charge is 2.19. The van der Waals surface area contributed by atoms with E-state index in [0.717, 1.165) is 0 Å². The standard InChI is InChI=1S/C9H17N5OS/c1-9(15,5-16-2)4-12-7-3-6(10)13-8(11)14-7/h3,15H,4-5H2,1-2H3,(H5,10,11,12,13,14). The van der Waals surface area contributed by atoms with Gasteiger partial charge in [0.15, 0.2) is 0 Å². The molecule has 0 radical (unpaired) electrons. The van der Waals surface area contributed by atoms with Crippen LogP contribution >= 0.6 is 11.8 Å². The summed E-state index contributed by atoms with van der Waals surface area (Å²) in [5.74, 6) is 1.58. The minimum atomic E-state index is -0.798. The van der Waals surface area contributed by atoms with Gasteiger partial charge in [0.25, 0.3) is 0 Å².